The molecule has 3 rings (SSSR count). The van der Waals surface area contributed by atoms with Crippen LogP contribution in [0.1, 0.15) is 24.1 Å². The second-order valence-electron chi connectivity index (χ2n) is 5.32. The molecule has 0 bridgehead atoms. The molecule has 1 amide bonds. The number of nitrogens with two attached hydrogens (primary N) is 1. The van der Waals surface area contributed by atoms with Crippen molar-refractivity contribution < 1.29 is 9.53 Å². The van der Waals surface area contributed by atoms with Gasteiger partial charge in [-0.05, 0) is 36.2 Å². The molecule has 2 aromatic rings. The van der Waals surface area contributed by atoms with Crippen molar-refractivity contribution >= 4 is 11.6 Å². The number of nitrogen functional groups attached to an aromatic ring is 1. The first-order valence-corrected chi connectivity index (χ1v) is 7.04. The number of fused-ring (bicyclic) bond motifs is 1. The van der Waals surface area contributed by atoms with E-state index in [4.69, 9.17) is 10.5 Å². The van der Waals surface area contributed by atoms with E-state index in [-0.39, 0.29) is 11.9 Å². The molecular weight excluding hydrogens is 264 g/mol. The Morgan fingerprint density at radius 3 is 2.67 bits per heavy atom. The van der Waals surface area contributed by atoms with E-state index in [1.54, 1.807) is 0 Å². The van der Waals surface area contributed by atoms with E-state index in [1.807, 2.05) is 55.5 Å². The van der Waals surface area contributed by atoms with Crippen LogP contribution in [0, 0.1) is 0 Å². The summed E-state index contributed by atoms with van der Waals surface area (Å²) < 4.78 is 5.69. The van der Waals surface area contributed by atoms with Gasteiger partial charge in [0.2, 0.25) is 0 Å². The highest BCUT2D eigenvalue weighted by Gasteiger charge is 2.29. The number of carbonyl (C=O) groups excluding carboxylic acids is 1. The Morgan fingerprint density at radius 2 is 1.95 bits per heavy atom. The van der Waals surface area contributed by atoms with Crippen LogP contribution < -0.4 is 15.8 Å². The Labute approximate surface area is 123 Å². The van der Waals surface area contributed by atoms with Gasteiger partial charge in [0.05, 0.1) is 6.04 Å². The normalized spacial score (nSPS) is 17.7. The van der Waals surface area contributed by atoms with Crippen molar-refractivity contribution in [3.05, 3.63) is 59.7 Å². The summed E-state index contributed by atoms with van der Waals surface area (Å²) in [5, 5.41) is 2.99. The van der Waals surface area contributed by atoms with E-state index < -0.39 is 6.10 Å². The third kappa shape index (κ3) is 2.84. The Morgan fingerprint density at radius 1 is 1.24 bits per heavy atom. The van der Waals surface area contributed by atoms with Crippen LogP contribution in [0.15, 0.2) is 48.5 Å². The van der Waals surface area contributed by atoms with Gasteiger partial charge in [0.15, 0.2) is 6.10 Å². The van der Waals surface area contributed by atoms with Gasteiger partial charge in [0.25, 0.3) is 5.91 Å². The molecule has 2 aromatic carbocycles. The van der Waals surface area contributed by atoms with E-state index in [2.05, 4.69) is 5.32 Å². The van der Waals surface area contributed by atoms with Crippen molar-refractivity contribution in [3.8, 4) is 5.75 Å². The molecule has 2 unspecified atom stereocenters. The van der Waals surface area contributed by atoms with Crippen LogP contribution in [0.5, 0.6) is 5.75 Å². The predicted octanol–water partition coefficient (Wildman–Crippen LogP) is 2.45. The van der Waals surface area contributed by atoms with Crippen molar-refractivity contribution in [1.82, 2.24) is 5.32 Å². The molecule has 3 N–H and O–H groups in total. The molecule has 4 heteroatoms. The highest BCUT2D eigenvalue weighted by atomic mass is 16.5. The van der Waals surface area contributed by atoms with Gasteiger partial charge < -0.3 is 15.8 Å². The first kappa shape index (κ1) is 13.5. The molecule has 21 heavy (non-hydrogen) atoms. The minimum absolute atomic E-state index is 0.0783. The van der Waals surface area contributed by atoms with Gasteiger partial charge in [-0.15, -0.1) is 0 Å². The molecule has 2 atom stereocenters. The molecule has 1 aliphatic rings. The molecule has 0 saturated carbocycles. The zero-order chi connectivity index (χ0) is 14.8. The van der Waals surface area contributed by atoms with Gasteiger partial charge in [-0.3, -0.25) is 4.79 Å². The summed E-state index contributed by atoms with van der Waals surface area (Å²) in [4.78, 5) is 12.3. The second-order valence-corrected chi connectivity index (χ2v) is 5.32. The van der Waals surface area contributed by atoms with Gasteiger partial charge in [-0.1, -0.05) is 30.3 Å². The summed E-state index contributed by atoms with van der Waals surface area (Å²) in [6.45, 7) is 1.95. The Bertz CT molecular complexity index is 627. The molecule has 1 aliphatic heterocycles. The molecule has 1 heterocycles. The lowest BCUT2D eigenvalue weighted by Gasteiger charge is -2.17. The number of para-hydroxylation sites is 1. The van der Waals surface area contributed by atoms with Crippen LogP contribution >= 0.6 is 0 Å². The fraction of sp³-hybridized carbons (Fsp3) is 0.235. The van der Waals surface area contributed by atoms with Gasteiger partial charge in [-0.25, -0.2) is 0 Å². The quantitative estimate of drug-likeness (QED) is 0.850. The molecule has 0 aromatic heterocycles. The maximum atomic E-state index is 12.3. The van der Waals surface area contributed by atoms with Gasteiger partial charge in [0.1, 0.15) is 5.75 Å². The minimum Gasteiger partial charge on any atom is -0.480 e. The van der Waals surface area contributed by atoms with Crippen molar-refractivity contribution in [2.24, 2.45) is 0 Å². The monoisotopic (exact) mass is 282 g/mol. The molecule has 0 aliphatic carbocycles. The maximum absolute atomic E-state index is 12.3. The average Bonchev–Trinajstić information content (AvgIpc) is 2.92. The van der Waals surface area contributed by atoms with E-state index in [0.717, 1.165) is 16.9 Å². The van der Waals surface area contributed by atoms with Gasteiger partial charge in [0, 0.05) is 12.1 Å². The molecule has 4 nitrogen and oxygen atoms in total. The Balaban J connectivity index is 1.64. The largest absolute Gasteiger partial charge is 0.480 e. The van der Waals surface area contributed by atoms with Gasteiger partial charge in [-0.2, -0.15) is 0 Å². The van der Waals surface area contributed by atoms with E-state index in [9.17, 15) is 4.79 Å². The molecule has 0 saturated heterocycles. The highest BCUT2D eigenvalue weighted by molar-refractivity contribution is 5.82. The second kappa shape index (κ2) is 5.48. The summed E-state index contributed by atoms with van der Waals surface area (Å²) in [5.74, 6) is 0.716. The number of hydrogen-bond donors (Lipinski definition) is 2. The number of nitrogens with one attached hydrogen (secondary N) is 1. The number of rotatable bonds is 3. The van der Waals surface area contributed by atoms with Crippen LogP contribution in [0.2, 0.25) is 0 Å². The number of amides is 1. The SMILES string of the molecule is CC(NC(=O)C1Cc2ccccc2O1)c1ccc(N)cc1. The fourth-order valence-corrected chi connectivity index (χ4v) is 2.50. The topological polar surface area (TPSA) is 64.3 Å². The summed E-state index contributed by atoms with van der Waals surface area (Å²) in [5.41, 5.74) is 8.49. The van der Waals surface area contributed by atoms with Crippen LogP contribution in [0.3, 0.4) is 0 Å². The molecule has 0 fully saturated rings. The number of anilines is 1. The smallest absolute Gasteiger partial charge is 0.261 e. The van der Waals surface area contributed by atoms with Crippen LogP contribution in [-0.2, 0) is 11.2 Å². The Hall–Kier alpha value is -2.49. The number of benzene rings is 2. The number of ether oxygens (including phenoxy) is 1. The summed E-state index contributed by atoms with van der Waals surface area (Å²) >= 11 is 0. The zero-order valence-corrected chi connectivity index (χ0v) is 11.9. The van der Waals surface area contributed by atoms with Crippen molar-refractivity contribution in [3.63, 3.8) is 0 Å². The zero-order valence-electron chi connectivity index (χ0n) is 11.9. The number of hydrogen-bond acceptors (Lipinski definition) is 3. The third-order valence-electron chi connectivity index (χ3n) is 3.73. The lowest BCUT2D eigenvalue weighted by atomic mass is 10.1. The standard InChI is InChI=1S/C17H18N2O2/c1-11(12-6-8-14(18)9-7-12)19-17(20)16-10-13-4-2-3-5-15(13)21-16/h2-9,11,16H,10,18H2,1H3,(H,19,20). The first-order chi connectivity index (χ1) is 10.1. The van der Waals surface area contributed by atoms with E-state index in [1.165, 1.54) is 0 Å². The van der Waals surface area contributed by atoms with E-state index >= 15 is 0 Å². The summed E-state index contributed by atoms with van der Waals surface area (Å²) in [6, 6.07) is 15.2. The predicted molar refractivity (Wildman–Crippen MR) is 82.0 cm³/mol. The van der Waals surface area contributed by atoms with Crippen LogP contribution in [0.4, 0.5) is 5.69 Å². The Kier molecular flexibility index (Phi) is 3.52. The van der Waals surface area contributed by atoms with Crippen molar-refractivity contribution in [1.29, 1.82) is 0 Å². The van der Waals surface area contributed by atoms with Crippen LogP contribution in [-0.4, -0.2) is 12.0 Å². The van der Waals surface area contributed by atoms with Gasteiger partial charge >= 0.3 is 0 Å². The van der Waals surface area contributed by atoms with Crippen LogP contribution in [0.25, 0.3) is 0 Å². The summed E-state index contributed by atoms with van der Waals surface area (Å²) in [7, 11) is 0. The number of carbonyl (C=O) groups is 1. The molecule has 0 radical (unpaired) electrons. The third-order valence-corrected chi connectivity index (χ3v) is 3.73. The first-order valence-electron chi connectivity index (χ1n) is 7.04. The summed E-state index contributed by atoms with van der Waals surface area (Å²) in [6.07, 6.45) is 0.176. The minimum atomic E-state index is -0.446. The highest BCUT2D eigenvalue weighted by Crippen LogP contribution is 2.28. The maximum Gasteiger partial charge on any atom is 0.261 e. The molecule has 0 spiro atoms. The van der Waals surface area contributed by atoms with E-state index in [0.29, 0.717) is 12.1 Å². The van der Waals surface area contributed by atoms with Crippen molar-refractivity contribution in [2.75, 3.05) is 5.73 Å². The van der Waals surface area contributed by atoms with Crippen molar-refractivity contribution in [2.45, 2.75) is 25.5 Å². The average molecular weight is 282 g/mol. The molecular formula is C17H18N2O2. The molecule has 108 valence electrons. The lowest BCUT2D eigenvalue weighted by molar-refractivity contribution is -0.127. The fourth-order valence-electron chi connectivity index (χ4n) is 2.50. The lowest BCUT2D eigenvalue weighted by Crippen LogP contribution is -2.38.